The van der Waals surface area contributed by atoms with Crippen molar-refractivity contribution < 1.29 is 5.84 Å². The first-order valence-corrected chi connectivity index (χ1v) is 5.21. The average Bonchev–Trinajstić information content (AvgIpc) is 2.46. The summed E-state index contributed by atoms with van der Waals surface area (Å²) in [6, 6.07) is 0. The molecule has 1 N–H and O–H groups in total. The monoisotopic (exact) mass is 211 g/mol. The highest BCUT2D eigenvalue weighted by atomic mass is 16.4. The molecule has 4 heteroatoms. The second-order valence-electron chi connectivity index (χ2n) is 2.97. The highest BCUT2D eigenvalue weighted by Gasteiger charge is 1.99. The number of aromatic nitrogens is 1. The largest absolute Gasteiger partial charge is 0.419 e. The van der Waals surface area contributed by atoms with E-state index in [4.69, 9.17) is 0 Å². The molecule has 0 spiro atoms. The molecule has 0 bridgehead atoms. The van der Waals surface area contributed by atoms with Crippen molar-refractivity contribution in [1.82, 2.24) is 4.98 Å². The van der Waals surface area contributed by atoms with Crippen molar-refractivity contribution >= 4 is 12.2 Å². The predicted octanol–water partition coefficient (Wildman–Crippen LogP) is 0.345. The molecule has 0 amide bonds. The molecule has 0 aliphatic heterocycles. The fourth-order valence-electron chi connectivity index (χ4n) is 1.42. The molecule has 0 unspecified atom stereocenters. The minimum absolute atomic E-state index is 0. The summed E-state index contributed by atoms with van der Waals surface area (Å²) in [5, 5.41) is 1.08. The lowest BCUT2D eigenvalue weighted by molar-refractivity contribution is 0.440. The molecule has 84 valence electrons. The van der Waals surface area contributed by atoms with Crippen LogP contribution in [0.2, 0.25) is 0 Å². The van der Waals surface area contributed by atoms with Crippen molar-refractivity contribution in [2.24, 2.45) is 0 Å². The zero-order valence-electron chi connectivity index (χ0n) is 9.00. The molecule has 0 atom stereocenters. The average molecular weight is 211 g/mol. The predicted molar refractivity (Wildman–Crippen MR) is 61.1 cm³/mol. The maximum atomic E-state index is 11.2. The van der Waals surface area contributed by atoms with Gasteiger partial charge in [0.2, 0.25) is 0 Å². The molecule has 0 fully saturated rings. The molecule has 4 nitrogen and oxygen atoms in total. The first-order chi connectivity index (χ1) is 7.27. The van der Waals surface area contributed by atoms with Crippen LogP contribution in [0.3, 0.4) is 0 Å². The van der Waals surface area contributed by atoms with Gasteiger partial charge in [-0.05, 0) is 19.3 Å². The van der Waals surface area contributed by atoms with Gasteiger partial charge in [0.15, 0.2) is 0 Å². The van der Waals surface area contributed by atoms with Gasteiger partial charge in [-0.15, -0.1) is 0 Å². The van der Waals surface area contributed by atoms with Crippen molar-refractivity contribution in [2.75, 3.05) is 0 Å². The first-order valence-electron chi connectivity index (χ1n) is 5.21. The molecule has 1 aliphatic carbocycles. The SMILES string of the molecule is CC.O=c1[nH]c2c(c(=O)o1)=CCCCC=2.[HH]. The van der Waals surface area contributed by atoms with Gasteiger partial charge in [-0.3, -0.25) is 4.98 Å². The van der Waals surface area contributed by atoms with E-state index in [1.54, 1.807) is 6.08 Å². The molecular formula is C11H17NO3. The Balaban J connectivity index is 0.000000711. The number of fused-ring (bicyclic) bond motifs is 1. The third-order valence-electron chi connectivity index (χ3n) is 2.04. The number of nitrogens with one attached hydrogen (secondary N) is 1. The molecule has 0 radical (unpaired) electrons. The van der Waals surface area contributed by atoms with Crippen LogP contribution in [0.15, 0.2) is 14.0 Å². The maximum Gasteiger partial charge on any atom is 0.419 e. The van der Waals surface area contributed by atoms with Crippen LogP contribution in [-0.4, -0.2) is 4.98 Å². The molecule has 0 saturated heterocycles. The Morgan fingerprint density at radius 2 is 1.93 bits per heavy atom. The third kappa shape index (κ3) is 2.68. The van der Waals surface area contributed by atoms with E-state index in [0.717, 1.165) is 19.3 Å². The van der Waals surface area contributed by atoms with E-state index in [1.807, 2.05) is 19.9 Å². The van der Waals surface area contributed by atoms with E-state index >= 15 is 0 Å². The topological polar surface area (TPSA) is 63.1 Å². The van der Waals surface area contributed by atoms with E-state index in [-0.39, 0.29) is 1.43 Å². The molecular weight excluding hydrogens is 194 g/mol. The number of rotatable bonds is 0. The first kappa shape index (κ1) is 11.5. The Hall–Kier alpha value is -1.58. The Morgan fingerprint density at radius 3 is 2.67 bits per heavy atom. The Kier molecular flexibility index (Phi) is 4.09. The highest BCUT2D eigenvalue weighted by Crippen LogP contribution is 1.97. The van der Waals surface area contributed by atoms with Gasteiger partial charge in [0.1, 0.15) is 0 Å². The lowest BCUT2D eigenvalue weighted by Gasteiger charge is -1.85. The smallest absolute Gasteiger partial charge is 0.372 e. The summed E-state index contributed by atoms with van der Waals surface area (Å²) >= 11 is 0. The summed E-state index contributed by atoms with van der Waals surface area (Å²) in [5.41, 5.74) is -0.545. The molecule has 2 rings (SSSR count). The lowest BCUT2D eigenvalue weighted by atomic mass is 10.2. The van der Waals surface area contributed by atoms with E-state index in [9.17, 15) is 9.59 Å². The van der Waals surface area contributed by atoms with Crippen LogP contribution < -0.4 is 21.9 Å². The van der Waals surface area contributed by atoms with E-state index in [0.29, 0.717) is 10.6 Å². The van der Waals surface area contributed by atoms with Crippen molar-refractivity contribution in [3.8, 4) is 0 Å². The van der Waals surface area contributed by atoms with Gasteiger partial charge < -0.3 is 4.42 Å². The van der Waals surface area contributed by atoms with Gasteiger partial charge in [0, 0.05) is 1.43 Å². The summed E-state index contributed by atoms with van der Waals surface area (Å²) < 4.78 is 4.41. The summed E-state index contributed by atoms with van der Waals surface area (Å²) in [4.78, 5) is 24.5. The van der Waals surface area contributed by atoms with Gasteiger partial charge in [-0.2, -0.15) is 0 Å². The molecule has 1 aromatic rings. The Bertz CT molecular complexity index is 542. The van der Waals surface area contributed by atoms with Gasteiger partial charge in [0.25, 0.3) is 0 Å². The zero-order chi connectivity index (χ0) is 11.3. The summed E-state index contributed by atoms with van der Waals surface area (Å²) in [7, 11) is 0. The summed E-state index contributed by atoms with van der Waals surface area (Å²) in [5.74, 6) is -0.685. The molecule has 1 aliphatic rings. The van der Waals surface area contributed by atoms with Gasteiger partial charge >= 0.3 is 11.4 Å². The van der Waals surface area contributed by atoms with E-state index in [1.165, 1.54) is 0 Å². The number of aromatic amines is 1. The molecule has 0 saturated carbocycles. The van der Waals surface area contributed by atoms with Gasteiger partial charge in [-0.25, -0.2) is 9.59 Å². The van der Waals surface area contributed by atoms with Crippen LogP contribution in [0.4, 0.5) is 0 Å². The van der Waals surface area contributed by atoms with E-state index in [2.05, 4.69) is 9.40 Å². The molecule has 0 aromatic carbocycles. The standard InChI is InChI=1S/C9H9NO3.C2H6.H2/c11-8-6-4-2-1-3-5-7(6)10-9(12)13-8;1-2;/h4-5H,1-3H2,(H,10,12);1-2H3;1H. The third-order valence-corrected chi connectivity index (χ3v) is 2.04. The van der Waals surface area contributed by atoms with Crippen LogP contribution in [-0.2, 0) is 0 Å². The highest BCUT2D eigenvalue weighted by molar-refractivity contribution is 5.29. The van der Waals surface area contributed by atoms with Crippen LogP contribution in [0.5, 0.6) is 0 Å². The fraction of sp³-hybridized carbons (Fsp3) is 0.455. The second kappa shape index (κ2) is 5.34. The van der Waals surface area contributed by atoms with Crippen molar-refractivity contribution in [3.05, 3.63) is 31.5 Å². The van der Waals surface area contributed by atoms with Crippen LogP contribution in [0, 0.1) is 0 Å². The molecule has 1 heterocycles. The quantitative estimate of drug-likeness (QED) is 0.673. The van der Waals surface area contributed by atoms with Crippen LogP contribution in [0.1, 0.15) is 34.5 Å². The van der Waals surface area contributed by atoms with Gasteiger partial charge in [0.05, 0.1) is 10.6 Å². The number of hydrogen-bond acceptors (Lipinski definition) is 3. The van der Waals surface area contributed by atoms with Crippen LogP contribution >= 0.6 is 0 Å². The van der Waals surface area contributed by atoms with Crippen molar-refractivity contribution in [1.29, 1.82) is 0 Å². The van der Waals surface area contributed by atoms with Crippen molar-refractivity contribution in [2.45, 2.75) is 33.1 Å². The Labute approximate surface area is 88.4 Å². The number of hydrogen-bond donors (Lipinski definition) is 1. The number of H-pyrrole nitrogens is 1. The van der Waals surface area contributed by atoms with Gasteiger partial charge in [-0.1, -0.05) is 26.0 Å². The summed E-state index contributed by atoms with van der Waals surface area (Å²) in [6.07, 6.45) is 6.39. The minimum Gasteiger partial charge on any atom is -0.372 e. The van der Waals surface area contributed by atoms with Crippen molar-refractivity contribution in [3.63, 3.8) is 0 Å². The lowest BCUT2D eigenvalue weighted by Crippen LogP contribution is -2.44. The van der Waals surface area contributed by atoms with E-state index < -0.39 is 11.4 Å². The summed E-state index contributed by atoms with van der Waals surface area (Å²) in [6.45, 7) is 4.00. The minimum atomic E-state index is -0.685. The van der Waals surface area contributed by atoms with Crippen LogP contribution in [0.25, 0.3) is 12.2 Å². The fourth-order valence-corrected chi connectivity index (χ4v) is 1.42. The zero-order valence-corrected chi connectivity index (χ0v) is 9.00. The molecule has 1 aromatic heterocycles. The Morgan fingerprint density at radius 1 is 1.27 bits per heavy atom. The molecule has 15 heavy (non-hydrogen) atoms. The maximum absolute atomic E-state index is 11.2. The second-order valence-corrected chi connectivity index (χ2v) is 2.97. The normalized spacial score (nSPS) is 13.5.